The number of anilines is 1. The number of ether oxygens (including phenoxy) is 1. The molecule has 4 amide bonds. The zero-order valence-electron chi connectivity index (χ0n) is 18.0. The van der Waals surface area contributed by atoms with Gasteiger partial charge in [0, 0.05) is 49.7 Å². The normalized spacial score (nSPS) is 20.0. The number of hydrogen-bond donors (Lipinski definition) is 2. The summed E-state index contributed by atoms with van der Waals surface area (Å²) in [6.45, 7) is 7.63. The summed E-state index contributed by atoms with van der Waals surface area (Å²) < 4.78 is 5.63. The molecule has 0 radical (unpaired) electrons. The van der Waals surface area contributed by atoms with Gasteiger partial charge in [-0.1, -0.05) is 18.2 Å². The van der Waals surface area contributed by atoms with E-state index in [4.69, 9.17) is 4.74 Å². The molecule has 0 aliphatic carbocycles. The molecule has 0 spiro atoms. The number of aromatic nitrogens is 1. The van der Waals surface area contributed by atoms with Crippen molar-refractivity contribution >= 4 is 34.6 Å². The number of imide groups is 1. The third-order valence-corrected chi connectivity index (χ3v) is 5.35. The highest BCUT2D eigenvalue weighted by atomic mass is 16.6. The van der Waals surface area contributed by atoms with Crippen LogP contribution in [0.1, 0.15) is 38.8 Å². The van der Waals surface area contributed by atoms with Gasteiger partial charge in [-0.25, -0.2) is 9.59 Å². The van der Waals surface area contributed by atoms with Crippen molar-refractivity contribution in [3.8, 4) is 0 Å². The molecule has 1 aromatic heterocycles. The van der Waals surface area contributed by atoms with Crippen LogP contribution in [-0.4, -0.2) is 59.7 Å². The van der Waals surface area contributed by atoms with E-state index in [9.17, 15) is 14.4 Å². The van der Waals surface area contributed by atoms with Crippen molar-refractivity contribution in [2.75, 3.05) is 31.1 Å². The fourth-order valence-corrected chi connectivity index (χ4v) is 4.00. The Morgan fingerprint density at radius 3 is 2.74 bits per heavy atom. The molecule has 9 heteroatoms. The third kappa shape index (κ3) is 4.32. The van der Waals surface area contributed by atoms with Crippen molar-refractivity contribution in [3.05, 3.63) is 36.0 Å². The number of urea groups is 1. The van der Waals surface area contributed by atoms with E-state index in [1.54, 1.807) is 22.1 Å². The molecule has 0 bridgehead atoms. The van der Waals surface area contributed by atoms with E-state index in [0.29, 0.717) is 37.4 Å². The molecule has 1 aromatic carbocycles. The number of amides is 4. The number of carbonyl (C=O) groups excluding carboxylic acids is 3. The Morgan fingerprint density at radius 1 is 1.19 bits per heavy atom. The first kappa shape index (κ1) is 21.0. The topological polar surface area (TPSA) is 104 Å². The first-order valence-electron chi connectivity index (χ1n) is 10.4. The predicted octanol–water partition coefficient (Wildman–Crippen LogP) is 2.56. The lowest BCUT2D eigenvalue weighted by atomic mass is 9.99. The quantitative estimate of drug-likeness (QED) is 0.766. The maximum absolute atomic E-state index is 12.9. The molecule has 31 heavy (non-hydrogen) atoms. The van der Waals surface area contributed by atoms with Crippen LogP contribution in [0, 0.1) is 0 Å². The molecular formula is C22H27N5O4. The number of hydrogen-bond acceptors (Lipinski definition) is 6. The minimum atomic E-state index is -0.588. The van der Waals surface area contributed by atoms with Crippen molar-refractivity contribution in [1.29, 1.82) is 0 Å². The van der Waals surface area contributed by atoms with Crippen molar-refractivity contribution in [2.24, 2.45) is 0 Å². The van der Waals surface area contributed by atoms with Crippen LogP contribution in [0.2, 0.25) is 0 Å². The summed E-state index contributed by atoms with van der Waals surface area (Å²) in [7, 11) is 0. The number of para-hydroxylation sites is 1. The minimum Gasteiger partial charge on any atom is -0.444 e. The highest BCUT2D eigenvalue weighted by Gasteiger charge is 2.33. The average Bonchev–Trinajstić information content (AvgIpc) is 2.72. The van der Waals surface area contributed by atoms with Gasteiger partial charge in [0.15, 0.2) is 0 Å². The van der Waals surface area contributed by atoms with Gasteiger partial charge >= 0.3 is 12.1 Å². The van der Waals surface area contributed by atoms with E-state index in [1.807, 2.05) is 39.0 Å². The van der Waals surface area contributed by atoms with Crippen molar-refractivity contribution in [2.45, 2.75) is 38.8 Å². The number of fused-ring (bicyclic) bond motifs is 1. The lowest BCUT2D eigenvalue weighted by Crippen LogP contribution is -2.50. The number of benzene rings is 1. The SMILES string of the molecule is CC(C)(C)OC(=O)N1CCNCC1c1cccc2c(N3CCC(=O)NC3=O)ccnc12. The van der Waals surface area contributed by atoms with E-state index in [1.165, 1.54) is 0 Å². The van der Waals surface area contributed by atoms with Crippen LogP contribution >= 0.6 is 0 Å². The van der Waals surface area contributed by atoms with E-state index >= 15 is 0 Å². The molecule has 164 valence electrons. The van der Waals surface area contributed by atoms with E-state index < -0.39 is 11.6 Å². The molecule has 9 nitrogen and oxygen atoms in total. The number of nitrogens with zero attached hydrogens (tertiary/aromatic N) is 3. The van der Waals surface area contributed by atoms with Crippen LogP contribution in [0.4, 0.5) is 15.3 Å². The van der Waals surface area contributed by atoms with Crippen LogP contribution in [0.15, 0.2) is 30.5 Å². The van der Waals surface area contributed by atoms with Crippen LogP contribution in [0.25, 0.3) is 10.9 Å². The molecular weight excluding hydrogens is 398 g/mol. The second-order valence-corrected chi connectivity index (χ2v) is 8.72. The predicted molar refractivity (Wildman–Crippen MR) is 116 cm³/mol. The van der Waals surface area contributed by atoms with Gasteiger partial charge in [0.05, 0.1) is 17.2 Å². The van der Waals surface area contributed by atoms with Gasteiger partial charge in [0.1, 0.15) is 5.60 Å². The van der Waals surface area contributed by atoms with Crippen molar-refractivity contribution in [1.82, 2.24) is 20.5 Å². The molecule has 0 saturated carbocycles. The molecule has 2 aliphatic heterocycles. The van der Waals surface area contributed by atoms with Gasteiger partial charge in [-0.3, -0.25) is 24.9 Å². The maximum Gasteiger partial charge on any atom is 0.410 e. The summed E-state index contributed by atoms with van der Waals surface area (Å²) >= 11 is 0. The van der Waals surface area contributed by atoms with Gasteiger partial charge in [-0.2, -0.15) is 0 Å². The van der Waals surface area contributed by atoms with Crippen molar-refractivity contribution in [3.63, 3.8) is 0 Å². The standard InChI is InChI=1S/C22H27N5O4/c1-22(2,3)31-21(30)27-12-10-23-13-17(27)15-6-4-5-14-16(7-9-24-19(14)15)26-11-8-18(28)25-20(26)29/h4-7,9,17,23H,8,10-13H2,1-3H3,(H,25,28,29). The minimum absolute atomic E-state index is 0.244. The van der Waals surface area contributed by atoms with E-state index in [-0.39, 0.29) is 24.5 Å². The number of pyridine rings is 1. The fraction of sp³-hybridized carbons (Fsp3) is 0.455. The molecule has 2 fully saturated rings. The van der Waals surface area contributed by atoms with Crippen LogP contribution < -0.4 is 15.5 Å². The molecule has 2 aromatic rings. The highest BCUT2D eigenvalue weighted by Crippen LogP contribution is 2.34. The summed E-state index contributed by atoms with van der Waals surface area (Å²) in [5, 5.41) is 6.50. The van der Waals surface area contributed by atoms with Crippen LogP contribution in [0.3, 0.4) is 0 Å². The molecule has 4 rings (SSSR count). The van der Waals surface area contributed by atoms with Gasteiger partial charge in [0.25, 0.3) is 0 Å². The van der Waals surface area contributed by atoms with Crippen LogP contribution in [-0.2, 0) is 9.53 Å². The number of carbonyl (C=O) groups is 3. The third-order valence-electron chi connectivity index (χ3n) is 5.35. The molecule has 1 unspecified atom stereocenters. The van der Waals surface area contributed by atoms with E-state index in [2.05, 4.69) is 15.6 Å². The number of nitrogens with one attached hydrogen (secondary N) is 2. The second kappa shape index (κ2) is 8.14. The molecule has 2 aliphatic rings. The fourth-order valence-electron chi connectivity index (χ4n) is 4.00. The molecule has 3 heterocycles. The van der Waals surface area contributed by atoms with E-state index in [0.717, 1.165) is 10.9 Å². The zero-order valence-corrected chi connectivity index (χ0v) is 18.0. The summed E-state index contributed by atoms with van der Waals surface area (Å²) in [4.78, 5) is 44.7. The zero-order chi connectivity index (χ0) is 22.2. The number of rotatable bonds is 2. The van der Waals surface area contributed by atoms with Gasteiger partial charge < -0.3 is 10.1 Å². The Labute approximate surface area is 180 Å². The monoisotopic (exact) mass is 425 g/mol. The smallest absolute Gasteiger partial charge is 0.410 e. The largest absolute Gasteiger partial charge is 0.444 e. The Bertz CT molecular complexity index is 1030. The Morgan fingerprint density at radius 2 is 2.00 bits per heavy atom. The summed E-state index contributed by atoms with van der Waals surface area (Å²) in [5.74, 6) is -0.276. The molecule has 1 atom stereocenters. The highest BCUT2D eigenvalue weighted by molar-refractivity contribution is 6.09. The lowest BCUT2D eigenvalue weighted by molar-refractivity contribution is -0.120. The summed E-state index contributed by atoms with van der Waals surface area (Å²) in [6.07, 6.45) is 1.54. The maximum atomic E-state index is 12.9. The van der Waals surface area contributed by atoms with Crippen molar-refractivity contribution < 1.29 is 19.1 Å². The Kier molecular flexibility index (Phi) is 5.53. The Hall–Kier alpha value is -3.20. The van der Waals surface area contributed by atoms with Crippen LogP contribution in [0.5, 0.6) is 0 Å². The Balaban J connectivity index is 1.73. The lowest BCUT2D eigenvalue weighted by Gasteiger charge is -2.37. The number of piperazine rings is 1. The van der Waals surface area contributed by atoms with Gasteiger partial charge in [-0.05, 0) is 26.8 Å². The average molecular weight is 425 g/mol. The van der Waals surface area contributed by atoms with Gasteiger partial charge in [-0.15, -0.1) is 0 Å². The first-order valence-corrected chi connectivity index (χ1v) is 10.4. The molecule has 2 saturated heterocycles. The second-order valence-electron chi connectivity index (χ2n) is 8.72. The summed E-state index contributed by atoms with van der Waals surface area (Å²) in [5.41, 5.74) is 1.69. The first-order chi connectivity index (χ1) is 14.7. The summed E-state index contributed by atoms with van der Waals surface area (Å²) in [6, 6.07) is 6.83. The van der Waals surface area contributed by atoms with Gasteiger partial charge in [0.2, 0.25) is 5.91 Å². The molecule has 2 N–H and O–H groups in total.